The lowest BCUT2D eigenvalue weighted by atomic mass is 9.95. The summed E-state index contributed by atoms with van der Waals surface area (Å²) >= 11 is 0. The van der Waals surface area contributed by atoms with Crippen molar-refractivity contribution in [2.45, 2.75) is 64.0 Å². The highest BCUT2D eigenvalue weighted by Crippen LogP contribution is 2.21. The van der Waals surface area contributed by atoms with Crippen molar-refractivity contribution in [1.29, 1.82) is 0 Å². The maximum atomic E-state index is 13.8. The molecule has 1 aliphatic carbocycles. The van der Waals surface area contributed by atoms with Crippen LogP contribution in [0.15, 0.2) is 60.7 Å². The summed E-state index contributed by atoms with van der Waals surface area (Å²) in [5, 5.41) is 3.16. The van der Waals surface area contributed by atoms with E-state index in [-0.39, 0.29) is 11.9 Å². The van der Waals surface area contributed by atoms with E-state index in [0.29, 0.717) is 25.1 Å². The van der Waals surface area contributed by atoms with Crippen LogP contribution in [-0.4, -0.2) is 68.7 Å². The Bertz CT molecular complexity index is 1100. The predicted molar refractivity (Wildman–Crippen MR) is 147 cm³/mol. The number of amides is 2. The van der Waals surface area contributed by atoms with Gasteiger partial charge in [-0.3, -0.25) is 9.59 Å². The molecule has 0 saturated heterocycles. The Labute approximate surface area is 221 Å². The van der Waals surface area contributed by atoms with Crippen LogP contribution in [-0.2, 0) is 26.2 Å². The standard InChI is InChI=1S/C28H40N4O4S/c1-4-26(28(34)29-24-16-10-6-11-17-24)31(21-20-23-14-8-5-9-15-23)27(33)22-32(37(35,36)30(2)3)25-18-12-7-13-19-25/h5,7-9,12-15,18-19,24,26H,4,6,10-11,16-17,20-22H2,1-3H3,(H,29,34)/t26-/m0/s1. The molecule has 3 rings (SSSR count). The molecule has 2 aromatic rings. The Morgan fingerprint density at radius 3 is 2.11 bits per heavy atom. The van der Waals surface area contributed by atoms with Gasteiger partial charge in [-0.25, -0.2) is 4.31 Å². The number of hydrogen-bond donors (Lipinski definition) is 1. The monoisotopic (exact) mass is 528 g/mol. The Morgan fingerprint density at radius 1 is 0.946 bits per heavy atom. The smallest absolute Gasteiger partial charge is 0.304 e. The van der Waals surface area contributed by atoms with Gasteiger partial charge < -0.3 is 10.2 Å². The van der Waals surface area contributed by atoms with Gasteiger partial charge in [-0.2, -0.15) is 12.7 Å². The molecule has 1 N–H and O–H groups in total. The average Bonchev–Trinajstić information content (AvgIpc) is 2.90. The van der Waals surface area contributed by atoms with Gasteiger partial charge in [0.15, 0.2) is 0 Å². The van der Waals surface area contributed by atoms with Gasteiger partial charge in [0.1, 0.15) is 12.6 Å². The van der Waals surface area contributed by atoms with E-state index in [0.717, 1.165) is 39.9 Å². The van der Waals surface area contributed by atoms with E-state index < -0.39 is 28.7 Å². The fourth-order valence-electron chi connectivity index (χ4n) is 4.75. The molecule has 0 bridgehead atoms. The molecule has 0 unspecified atom stereocenters. The highest BCUT2D eigenvalue weighted by molar-refractivity contribution is 7.90. The fraction of sp³-hybridized carbons (Fsp3) is 0.500. The van der Waals surface area contributed by atoms with Crippen molar-refractivity contribution in [2.75, 3.05) is 31.5 Å². The summed E-state index contributed by atoms with van der Waals surface area (Å²) in [5.74, 6) is -0.576. The molecule has 2 aromatic carbocycles. The van der Waals surface area contributed by atoms with E-state index in [2.05, 4.69) is 5.32 Å². The second kappa shape index (κ2) is 13.6. The van der Waals surface area contributed by atoms with E-state index in [4.69, 9.17) is 0 Å². The van der Waals surface area contributed by atoms with Crippen molar-refractivity contribution < 1.29 is 18.0 Å². The molecule has 0 aliphatic heterocycles. The third-order valence-corrected chi connectivity index (χ3v) is 8.70. The lowest BCUT2D eigenvalue weighted by molar-refractivity contribution is -0.140. The van der Waals surface area contributed by atoms with Crippen molar-refractivity contribution in [3.63, 3.8) is 0 Å². The predicted octanol–water partition coefficient (Wildman–Crippen LogP) is 3.60. The molecule has 0 heterocycles. The summed E-state index contributed by atoms with van der Waals surface area (Å²) in [7, 11) is -1.06. The van der Waals surface area contributed by atoms with Gasteiger partial charge >= 0.3 is 10.2 Å². The van der Waals surface area contributed by atoms with Gasteiger partial charge in [0.2, 0.25) is 11.8 Å². The van der Waals surface area contributed by atoms with Crippen LogP contribution in [0, 0.1) is 0 Å². The first-order chi connectivity index (χ1) is 17.7. The molecule has 0 spiro atoms. The Balaban J connectivity index is 1.88. The van der Waals surface area contributed by atoms with Gasteiger partial charge in [-0.05, 0) is 43.4 Å². The highest BCUT2D eigenvalue weighted by atomic mass is 32.2. The average molecular weight is 529 g/mol. The molecule has 8 nitrogen and oxygen atoms in total. The first-order valence-corrected chi connectivity index (χ1v) is 14.5. The van der Waals surface area contributed by atoms with Crippen molar-refractivity contribution in [3.8, 4) is 0 Å². The number of carbonyl (C=O) groups excluding carboxylic acids is 2. The summed E-state index contributed by atoms with van der Waals surface area (Å²) in [6.07, 6.45) is 6.25. The van der Waals surface area contributed by atoms with Crippen molar-refractivity contribution in [2.24, 2.45) is 0 Å². The molecule has 2 amide bonds. The number of benzene rings is 2. The van der Waals surface area contributed by atoms with Gasteiger partial charge in [0.05, 0.1) is 5.69 Å². The Kier molecular flexibility index (Phi) is 10.5. The van der Waals surface area contributed by atoms with Crippen LogP contribution in [0.1, 0.15) is 51.0 Å². The van der Waals surface area contributed by atoms with E-state index in [1.54, 1.807) is 35.2 Å². The first kappa shape index (κ1) is 28.7. The lowest BCUT2D eigenvalue weighted by Crippen LogP contribution is -2.55. The zero-order chi connectivity index (χ0) is 26.8. The van der Waals surface area contributed by atoms with E-state index in [1.807, 2.05) is 37.3 Å². The quantitative estimate of drug-likeness (QED) is 0.456. The summed E-state index contributed by atoms with van der Waals surface area (Å²) in [6.45, 7) is 1.80. The van der Waals surface area contributed by atoms with Crippen LogP contribution in [0.2, 0.25) is 0 Å². The lowest BCUT2D eigenvalue weighted by Gasteiger charge is -2.35. The molecule has 37 heavy (non-hydrogen) atoms. The third kappa shape index (κ3) is 7.79. The number of rotatable bonds is 12. The Morgan fingerprint density at radius 2 is 1.54 bits per heavy atom. The number of para-hydroxylation sites is 1. The molecule has 202 valence electrons. The number of nitrogens with zero attached hydrogens (tertiary/aromatic N) is 3. The second-order valence-electron chi connectivity index (χ2n) is 9.72. The maximum absolute atomic E-state index is 13.8. The van der Waals surface area contributed by atoms with E-state index in [9.17, 15) is 18.0 Å². The second-order valence-corrected chi connectivity index (χ2v) is 11.8. The normalized spacial score (nSPS) is 15.2. The van der Waals surface area contributed by atoms with Crippen LogP contribution in [0.5, 0.6) is 0 Å². The molecule has 1 fully saturated rings. The number of nitrogens with one attached hydrogen (secondary N) is 1. The Hall–Kier alpha value is -2.91. The van der Waals surface area contributed by atoms with Gasteiger partial charge in [-0.1, -0.05) is 74.7 Å². The third-order valence-electron chi connectivity index (χ3n) is 6.88. The molecule has 1 saturated carbocycles. The van der Waals surface area contributed by atoms with Crippen LogP contribution < -0.4 is 9.62 Å². The van der Waals surface area contributed by atoms with Crippen LogP contribution >= 0.6 is 0 Å². The zero-order valence-electron chi connectivity index (χ0n) is 22.2. The van der Waals surface area contributed by atoms with Crippen molar-refractivity contribution in [1.82, 2.24) is 14.5 Å². The largest absolute Gasteiger partial charge is 0.352 e. The number of anilines is 1. The van der Waals surface area contributed by atoms with Gasteiger partial charge in [0, 0.05) is 26.7 Å². The first-order valence-electron chi connectivity index (χ1n) is 13.1. The molecule has 0 aromatic heterocycles. The summed E-state index contributed by atoms with van der Waals surface area (Å²) < 4.78 is 28.6. The van der Waals surface area contributed by atoms with Gasteiger partial charge in [0.25, 0.3) is 0 Å². The fourth-order valence-corrected chi connectivity index (χ4v) is 5.81. The minimum absolute atomic E-state index is 0.122. The minimum Gasteiger partial charge on any atom is -0.352 e. The SMILES string of the molecule is CC[C@@H](C(=O)NC1CCCCC1)N(CCc1ccccc1)C(=O)CN(c1ccccc1)S(=O)(=O)N(C)C. The maximum Gasteiger partial charge on any atom is 0.304 e. The van der Waals surface area contributed by atoms with E-state index in [1.165, 1.54) is 20.5 Å². The number of hydrogen-bond acceptors (Lipinski definition) is 4. The summed E-state index contributed by atoms with van der Waals surface area (Å²) in [4.78, 5) is 28.8. The molecule has 9 heteroatoms. The molecule has 1 aliphatic rings. The topological polar surface area (TPSA) is 90.0 Å². The van der Waals surface area contributed by atoms with Crippen LogP contribution in [0.3, 0.4) is 0 Å². The minimum atomic E-state index is -3.94. The summed E-state index contributed by atoms with van der Waals surface area (Å²) in [6, 6.07) is 17.8. The van der Waals surface area contributed by atoms with Crippen molar-refractivity contribution in [3.05, 3.63) is 66.2 Å². The summed E-state index contributed by atoms with van der Waals surface area (Å²) in [5.41, 5.74) is 1.44. The highest BCUT2D eigenvalue weighted by Gasteiger charge is 2.34. The molecule has 0 radical (unpaired) electrons. The van der Waals surface area contributed by atoms with E-state index >= 15 is 0 Å². The van der Waals surface area contributed by atoms with Crippen molar-refractivity contribution >= 4 is 27.7 Å². The molecule has 1 atom stereocenters. The zero-order valence-corrected chi connectivity index (χ0v) is 23.0. The molecular formula is C28H40N4O4S. The van der Waals surface area contributed by atoms with Crippen LogP contribution in [0.4, 0.5) is 5.69 Å². The van der Waals surface area contributed by atoms with Gasteiger partial charge in [-0.15, -0.1) is 0 Å². The number of carbonyl (C=O) groups is 2. The molecular weight excluding hydrogens is 488 g/mol. The van der Waals surface area contributed by atoms with Crippen LogP contribution in [0.25, 0.3) is 0 Å².